The topological polar surface area (TPSA) is 97.5 Å². The lowest BCUT2D eigenvalue weighted by Crippen LogP contribution is -2.28. The zero-order valence-corrected chi connectivity index (χ0v) is 15.9. The van der Waals surface area contributed by atoms with E-state index in [1.165, 1.54) is 0 Å². The van der Waals surface area contributed by atoms with Crippen molar-refractivity contribution >= 4 is 5.91 Å². The Morgan fingerprint density at radius 2 is 1.86 bits per heavy atom. The van der Waals surface area contributed by atoms with E-state index in [2.05, 4.69) is 15.5 Å². The first-order valence-corrected chi connectivity index (χ1v) is 9.03. The second kappa shape index (κ2) is 9.14. The standard InChI is InChI=1S/C21H23N3O4/c1-14-3-5-16(6-4-14)21-24-23-20(28-21)12-11-19(26)22-13-18(25)15-7-9-17(27-2)10-8-15/h3-10,18,25H,11-13H2,1-2H3,(H,22,26). The normalized spacial score (nSPS) is 11.8. The van der Waals surface area contributed by atoms with Crippen LogP contribution in [0.4, 0.5) is 0 Å². The van der Waals surface area contributed by atoms with Crippen molar-refractivity contribution in [2.75, 3.05) is 13.7 Å². The highest BCUT2D eigenvalue weighted by molar-refractivity contribution is 5.76. The number of carbonyl (C=O) groups excluding carboxylic acids is 1. The van der Waals surface area contributed by atoms with E-state index in [0.717, 1.165) is 11.1 Å². The van der Waals surface area contributed by atoms with Crippen LogP contribution in [-0.2, 0) is 11.2 Å². The zero-order chi connectivity index (χ0) is 19.9. The van der Waals surface area contributed by atoms with Crippen molar-refractivity contribution < 1.29 is 19.1 Å². The lowest BCUT2D eigenvalue weighted by atomic mass is 10.1. The first kappa shape index (κ1) is 19.6. The molecule has 0 saturated carbocycles. The van der Waals surface area contributed by atoms with E-state index in [-0.39, 0.29) is 18.9 Å². The number of aliphatic hydroxyl groups is 1. The highest BCUT2D eigenvalue weighted by atomic mass is 16.5. The number of nitrogens with one attached hydrogen (secondary N) is 1. The molecule has 0 spiro atoms. The Morgan fingerprint density at radius 1 is 1.14 bits per heavy atom. The monoisotopic (exact) mass is 381 g/mol. The lowest BCUT2D eigenvalue weighted by Gasteiger charge is -2.12. The molecule has 0 radical (unpaired) electrons. The third kappa shape index (κ3) is 5.17. The van der Waals surface area contributed by atoms with Crippen LogP contribution in [0.15, 0.2) is 52.9 Å². The van der Waals surface area contributed by atoms with Crippen LogP contribution < -0.4 is 10.1 Å². The molecule has 0 aliphatic rings. The Morgan fingerprint density at radius 3 is 2.54 bits per heavy atom. The molecule has 3 rings (SSSR count). The molecule has 1 heterocycles. The summed E-state index contributed by atoms with van der Waals surface area (Å²) in [5.41, 5.74) is 2.70. The Bertz CT molecular complexity index is 904. The van der Waals surface area contributed by atoms with Crippen LogP contribution in [0, 0.1) is 6.92 Å². The number of amides is 1. The predicted octanol–water partition coefficient (Wildman–Crippen LogP) is 2.84. The van der Waals surface area contributed by atoms with Gasteiger partial charge in [-0.3, -0.25) is 4.79 Å². The van der Waals surface area contributed by atoms with Crippen molar-refractivity contribution in [3.8, 4) is 17.2 Å². The second-order valence-corrected chi connectivity index (χ2v) is 6.46. The smallest absolute Gasteiger partial charge is 0.247 e. The Kier molecular flexibility index (Phi) is 6.39. The lowest BCUT2D eigenvalue weighted by molar-refractivity contribution is -0.121. The molecule has 3 aromatic rings. The van der Waals surface area contributed by atoms with Gasteiger partial charge in [0.2, 0.25) is 17.7 Å². The minimum atomic E-state index is -0.786. The van der Waals surface area contributed by atoms with Crippen LogP contribution in [0.25, 0.3) is 11.5 Å². The molecule has 0 aliphatic carbocycles. The number of benzene rings is 2. The van der Waals surface area contributed by atoms with E-state index in [1.807, 2.05) is 31.2 Å². The van der Waals surface area contributed by atoms with Gasteiger partial charge in [0.1, 0.15) is 5.75 Å². The molecular weight excluding hydrogens is 358 g/mol. The van der Waals surface area contributed by atoms with E-state index in [1.54, 1.807) is 31.4 Å². The van der Waals surface area contributed by atoms with Gasteiger partial charge in [-0.25, -0.2) is 0 Å². The maximum atomic E-state index is 12.0. The summed E-state index contributed by atoms with van der Waals surface area (Å²) in [6.45, 7) is 2.14. The molecular formula is C21H23N3O4. The number of aromatic nitrogens is 2. The Labute approximate surface area is 163 Å². The maximum absolute atomic E-state index is 12.0. The van der Waals surface area contributed by atoms with Gasteiger partial charge in [0, 0.05) is 24.9 Å². The van der Waals surface area contributed by atoms with Gasteiger partial charge in [-0.05, 0) is 36.8 Å². The van der Waals surface area contributed by atoms with Gasteiger partial charge in [0.15, 0.2) is 0 Å². The van der Waals surface area contributed by atoms with E-state index >= 15 is 0 Å². The predicted molar refractivity (Wildman–Crippen MR) is 104 cm³/mol. The zero-order valence-electron chi connectivity index (χ0n) is 15.9. The van der Waals surface area contributed by atoms with Gasteiger partial charge in [0.05, 0.1) is 13.2 Å². The quantitative estimate of drug-likeness (QED) is 0.623. The summed E-state index contributed by atoms with van der Waals surface area (Å²) in [4.78, 5) is 12.0. The van der Waals surface area contributed by atoms with Gasteiger partial charge in [-0.15, -0.1) is 10.2 Å². The number of ether oxygens (including phenoxy) is 1. The maximum Gasteiger partial charge on any atom is 0.247 e. The second-order valence-electron chi connectivity index (χ2n) is 6.46. The number of carbonyl (C=O) groups is 1. The summed E-state index contributed by atoms with van der Waals surface area (Å²) in [7, 11) is 1.58. The third-order valence-electron chi connectivity index (χ3n) is 4.32. The van der Waals surface area contributed by atoms with Gasteiger partial charge in [-0.1, -0.05) is 29.8 Å². The number of nitrogens with zero attached hydrogens (tertiary/aromatic N) is 2. The van der Waals surface area contributed by atoms with Crippen LogP contribution in [0.2, 0.25) is 0 Å². The number of aliphatic hydroxyl groups excluding tert-OH is 1. The average Bonchev–Trinajstić information content (AvgIpc) is 3.20. The van der Waals surface area contributed by atoms with Gasteiger partial charge in [-0.2, -0.15) is 0 Å². The van der Waals surface area contributed by atoms with Crippen molar-refractivity contribution in [2.45, 2.75) is 25.9 Å². The number of methoxy groups -OCH3 is 1. The van der Waals surface area contributed by atoms with Gasteiger partial charge < -0.3 is 19.6 Å². The summed E-state index contributed by atoms with van der Waals surface area (Å²) in [6, 6.07) is 14.8. The molecule has 2 N–H and O–H groups in total. The fourth-order valence-electron chi connectivity index (χ4n) is 2.63. The van der Waals surface area contributed by atoms with E-state index in [4.69, 9.17) is 9.15 Å². The van der Waals surface area contributed by atoms with Crippen molar-refractivity contribution in [3.63, 3.8) is 0 Å². The number of aryl methyl sites for hydroxylation is 2. The fourth-order valence-corrected chi connectivity index (χ4v) is 2.63. The summed E-state index contributed by atoms with van der Waals surface area (Å²) in [5, 5.41) is 20.9. The summed E-state index contributed by atoms with van der Waals surface area (Å²) in [5.74, 6) is 1.36. The van der Waals surface area contributed by atoms with Crippen LogP contribution >= 0.6 is 0 Å². The fraction of sp³-hybridized carbons (Fsp3) is 0.286. The van der Waals surface area contributed by atoms with Crippen molar-refractivity contribution in [1.29, 1.82) is 0 Å². The van der Waals surface area contributed by atoms with E-state index in [0.29, 0.717) is 29.5 Å². The third-order valence-corrected chi connectivity index (χ3v) is 4.32. The molecule has 7 nitrogen and oxygen atoms in total. The average molecular weight is 381 g/mol. The summed E-state index contributed by atoms with van der Waals surface area (Å²) in [6.07, 6.45) is -0.250. The van der Waals surface area contributed by atoms with Crippen molar-refractivity contribution in [2.24, 2.45) is 0 Å². The molecule has 0 fully saturated rings. The molecule has 146 valence electrons. The highest BCUT2D eigenvalue weighted by Gasteiger charge is 2.13. The van der Waals surface area contributed by atoms with E-state index in [9.17, 15) is 9.90 Å². The van der Waals surface area contributed by atoms with Gasteiger partial charge in [0.25, 0.3) is 0 Å². The Hall–Kier alpha value is -3.19. The van der Waals surface area contributed by atoms with Crippen LogP contribution in [0.5, 0.6) is 5.75 Å². The summed E-state index contributed by atoms with van der Waals surface area (Å²) < 4.78 is 10.7. The molecule has 1 aromatic heterocycles. The van der Waals surface area contributed by atoms with Crippen LogP contribution in [-0.4, -0.2) is 34.9 Å². The number of rotatable bonds is 8. The largest absolute Gasteiger partial charge is 0.497 e. The number of hydrogen-bond donors (Lipinski definition) is 2. The molecule has 1 atom stereocenters. The molecule has 0 saturated heterocycles. The molecule has 0 aliphatic heterocycles. The SMILES string of the molecule is COc1ccc(C(O)CNC(=O)CCc2nnc(-c3ccc(C)cc3)o2)cc1. The first-order chi connectivity index (χ1) is 13.5. The molecule has 1 amide bonds. The van der Waals surface area contributed by atoms with Crippen molar-refractivity contribution in [3.05, 3.63) is 65.5 Å². The van der Waals surface area contributed by atoms with Crippen LogP contribution in [0.3, 0.4) is 0 Å². The van der Waals surface area contributed by atoms with Gasteiger partial charge >= 0.3 is 0 Å². The van der Waals surface area contributed by atoms with E-state index < -0.39 is 6.10 Å². The molecule has 2 aromatic carbocycles. The highest BCUT2D eigenvalue weighted by Crippen LogP contribution is 2.19. The minimum absolute atomic E-state index is 0.129. The van der Waals surface area contributed by atoms with Crippen LogP contribution in [0.1, 0.15) is 29.5 Å². The molecule has 7 heteroatoms. The minimum Gasteiger partial charge on any atom is -0.497 e. The molecule has 28 heavy (non-hydrogen) atoms. The summed E-state index contributed by atoms with van der Waals surface area (Å²) >= 11 is 0. The van der Waals surface area contributed by atoms with Crippen molar-refractivity contribution in [1.82, 2.24) is 15.5 Å². The molecule has 0 bridgehead atoms. The molecule has 1 unspecified atom stereocenters. The number of hydrogen-bond acceptors (Lipinski definition) is 6. The Balaban J connectivity index is 1.45. The first-order valence-electron chi connectivity index (χ1n) is 9.03.